The van der Waals surface area contributed by atoms with Gasteiger partial charge in [0, 0.05) is 6.04 Å². The van der Waals surface area contributed by atoms with Crippen LogP contribution in [0.3, 0.4) is 0 Å². The number of barbiturate groups is 1. The molecular formula is C14H20N2O3. The largest absolute Gasteiger partial charge is 0.331 e. The van der Waals surface area contributed by atoms with Gasteiger partial charge in [-0.3, -0.25) is 19.8 Å². The molecule has 0 aromatic heterocycles. The molecule has 1 spiro atoms. The van der Waals surface area contributed by atoms with Crippen LogP contribution in [-0.2, 0) is 9.59 Å². The first-order valence-electron chi connectivity index (χ1n) is 7.34. The molecule has 104 valence electrons. The van der Waals surface area contributed by atoms with E-state index in [9.17, 15) is 14.4 Å². The van der Waals surface area contributed by atoms with Gasteiger partial charge in [0.1, 0.15) is 5.41 Å². The van der Waals surface area contributed by atoms with E-state index in [-0.39, 0.29) is 17.9 Å². The van der Waals surface area contributed by atoms with E-state index in [1.54, 1.807) is 0 Å². The van der Waals surface area contributed by atoms with Crippen LogP contribution in [0.5, 0.6) is 0 Å². The number of nitrogens with one attached hydrogen (secondary N) is 1. The van der Waals surface area contributed by atoms with Crippen LogP contribution in [0, 0.1) is 5.41 Å². The van der Waals surface area contributed by atoms with Gasteiger partial charge in [0.25, 0.3) is 0 Å². The summed E-state index contributed by atoms with van der Waals surface area (Å²) in [5, 5.41) is 2.37. The molecule has 1 aliphatic heterocycles. The molecule has 3 aliphatic rings. The van der Waals surface area contributed by atoms with Gasteiger partial charge in [-0.15, -0.1) is 0 Å². The van der Waals surface area contributed by atoms with Crippen molar-refractivity contribution in [3.63, 3.8) is 0 Å². The van der Waals surface area contributed by atoms with Crippen LogP contribution in [0.1, 0.15) is 57.8 Å². The highest BCUT2D eigenvalue weighted by Crippen LogP contribution is 2.49. The molecule has 5 heteroatoms. The second-order valence-electron chi connectivity index (χ2n) is 6.02. The summed E-state index contributed by atoms with van der Waals surface area (Å²) in [6, 6.07) is -0.517. The van der Waals surface area contributed by atoms with Gasteiger partial charge in [0.2, 0.25) is 11.8 Å². The van der Waals surface area contributed by atoms with Crippen LogP contribution < -0.4 is 5.32 Å². The summed E-state index contributed by atoms with van der Waals surface area (Å²) in [5.41, 5.74) is -0.893. The van der Waals surface area contributed by atoms with Crippen LogP contribution in [0.15, 0.2) is 0 Å². The van der Waals surface area contributed by atoms with Crippen LogP contribution in [0.4, 0.5) is 4.79 Å². The van der Waals surface area contributed by atoms with E-state index in [2.05, 4.69) is 5.32 Å². The van der Waals surface area contributed by atoms with E-state index in [1.165, 1.54) is 24.2 Å². The first-order chi connectivity index (χ1) is 9.15. The van der Waals surface area contributed by atoms with Crippen molar-refractivity contribution in [1.29, 1.82) is 0 Å². The predicted octanol–water partition coefficient (Wildman–Crippen LogP) is 1.96. The Balaban J connectivity index is 1.79. The lowest BCUT2D eigenvalue weighted by Crippen LogP contribution is -2.62. The number of amides is 4. The van der Waals surface area contributed by atoms with E-state index in [0.717, 1.165) is 25.7 Å². The number of imide groups is 2. The predicted molar refractivity (Wildman–Crippen MR) is 68.2 cm³/mol. The Morgan fingerprint density at radius 1 is 0.947 bits per heavy atom. The average Bonchev–Trinajstić information content (AvgIpc) is 3.11. The quantitative estimate of drug-likeness (QED) is 0.736. The first kappa shape index (κ1) is 12.6. The number of hydrogen-bond donors (Lipinski definition) is 1. The minimum Gasteiger partial charge on any atom is -0.277 e. The fraction of sp³-hybridized carbons (Fsp3) is 0.786. The Morgan fingerprint density at radius 2 is 1.53 bits per heavy atom. The van der Waals surface area contributed by atoms with Crippen molar-refractivity contribution >= 4 is 17.8 Å². The van der Waals surface area contributed by atoms with Crippen molar-refractivity contribution in [2.24, 2.45) is 5.41 Å². The van der Waals surface area contributed by atoms with E-state index in [1.807, 2.05) is 0 Å². The van der Waals surface area contributed by atoms with Crippen molar-refractivity contribution in [1.82, 2.24) is 10.2 Å². The Kier molecular flexibility index (Phi) is 3.07. The highest BCUT2D eigenvalue weighted by atomic mass is 16.2. The number of hydrogen-bond acceptors (Lipinski definition) is 3. The van der Waals surface area contributed by atoms with Crippen molar-refractivity contribution in [3.8, 4) is 0 Å². The van der Waals surface area contributed by atoms with Crippen LogP contribution in [0.2, 0.25) is 0 Å². The molecule has 3 fully saturated rings. The summed E-state index contributed by atoms with van der Waals surface area (Å²) < 4.78 is 0. The molecule has 1 N–H and O–H groups in total. The first-order valence-corrected chi connectivity index (χ1v) is 7.34. The number of rotatable bonds is 1. The lowest BCUT2D eigenvalue weighted by atomic mass is 9.93. The molecule has 0 atom stereocenters. The lowest BCUT2D eigenvalue weighted by molar-refractivity contribution is -0.146. The van der Waals surface area contributed by atoms with Crippen molar-refractivity contribution < 1.29 is 14.4 Å². The summed E-state index contributed by atoms with van der Waals surface area (Å²) >= 11 is 0. The summed E-state index contributed by atoms with van der Waals surface area (Å²) in [5.74, 6) is -0.628. The Labute approximate surface area is 112 Å². The fourth-order valence-corrected chi connectivity index (χ4v) is 3.29. The Hall–Kier alpha value is -1.39. The zero-order chi connectivity index (χ0) is 13.5. The molecule has 0 aromatic carbocycles. The smallest absolute Gasteiger partial charge is 0.277 e. The maximum Gasteiger partial charge on any atom is 0.331 e. The third kappa shape index (κ3) is 2.05. The summed E-state index contributed by atoms with van der Waals surface area (Å²) in [6.45, 7) is 0. The molecule has 0 unspecified atom stereocenters. The van der Waals surface area contributed by atoms with Gasteiger partial charge >= 0.3 is 6.03 Å². The van der Waals surface area contributed by atoms with Gasteiger partial charge in [-0.25, -0.2) is 4.79 Å². The van der Waals surface area contributed by atoms with Gasteiger partial charge in [0.05, 0.1) is 0 Å². The van der Waals surface area contributed by atoms with E-state index < -0.39 is 11.4 Å². The Bertz CT molecular complexity index is 420. The minimum atomic E-state index is -0.893. The molecule has 0 bridgehead atoms. The van der Waals surface area contributed by atoms with Crippen LogP contribution >= 0.6 is 0 Å². The highest BCUT2D eigenvalue weighted by molar-refractivity contribution is 6.21. The van der Waals surface area contributed by atoms with Gasteiger partial charge < -0.3 is 0 Å². The van der Waals surface area contributed by atoms with Crippen LogP contribution in [-0.4, -0.2) is 28.8 Å². The molecule has 2 aliphatic carbocycles. The lowest BCUT2D eigenvalue weighted by Gasteiger charge is -2.36. The summed E-state index contributed by atoms with van der Waals surface area (Å²) in [4.78, 5) is 37.6. The van der Waals surface area contributed by atoms with E-state index >= 15 is 0 Å². The number of nitrogens with zero attached hydrogens (tertiary/aromatic N) is 1. The van der Waals surface area contributed by atoms with Gasteiger partial charge in [-0.2, -0.15) is 0 Å². The summed E-state index contributed by atoms with van der Waals surface area (Å²) in [7, 11) is 0. The van der Waals surface area contributed by atoms with Gasteiger partial charge in [0.15, 0.2) is 0 Å². The third-order valence-electron chi connectivity index (χ3n) is 4.69. The second kappa shape index (κ2) is 4.62. The van der Waals surface area contributed by atoms with Crippen molar-refractivity contribution in [2.45, 2.75) is 63.8 Å². The molecule has 1 saturated heterocycles. The number of carbonyl (C=O) groups is 3. The molecule has 3 rings (SSSR count). The zero-order valence-corrected chi connectivity index (χ0v) is 11.1. The second-order valence-corrected chi connectivity index (χ2v) is 6.02. The van der Waals surface area contributed by atoms with Crippen molar-refractivity contribution in [3.05, 3.63) is 0 Å². The van der Waals surface area contributed by atoms with E-state index in [0.29, 0.717) is 12.8 Å². The van der Waals surface area contributed by atoms with Gasteiger partial charge in [-0.1, -0.05) is 32.1 Å². The van der Waals surface area contributed by atoms with Crippen LogP contribution in [0.25, 0.3) is 0 Å². The maximum atomic E-state index is 12.5. The highest BCUT2D eigenvalue weighted by Gasteiger charge is 2.62. The van der Waals surface area contributed by atoms with Crippen molar-refractivity contribution in [2.75, 3.05) is 0 Å². The molecule has 1 heterocycles. The van der Waals surface area contributed by atoms with Gasteiger partial charge in [-0.05, 0) is 25.7 Å². The topological polar surface area (TPSA) is 66.5 Å². The molecule has 0 aromatic rings. The fourth-order valence-electron chi connectivity index (χ4n) is 3.29. The zero-order valence-electron chi connectivity index (χ0n) is 11.1. The molecule has 19 heavy (non-hydrogen) atoms. The standard InChI is InChI=1S/C14H20N2O3/c17-11-14(8-9-14)12(18)16(13(19)15-11)10-6-4-2-1-3-5-7-10/h10H,1-9H2,(H,15,17,19). The molecule has 2 saturated carbocycles. The average molecular weight is 264 g/mol. The Morgan fingerprint density at radius 3 is 2.11 bits per heavy atom. The molecule has 4 amide bonds. The molecule has 0 radical (unpaired) electrons. The normalized spacial score (nSPS) is 28.0. The SMILES string of the molecule is O=C1NC(=O)C2(CC2)C(=O)N1C1CCCCCCC1. The van der Waals surface area contributed by atoms with E-state index in [4.69, 9.17) is 0 Å². The number of carbonyl (C=O) groups excluding carboxylic acids is 3. The summed E-state index contributed by atoms with van der Waals surface area (Å²) in [6.07, 6.45) is 8.64. The minimum absolute atomic E-state index is 0.0154. The third-order valence-corrected chi connectivity index (χ3v) is 4.69. The monoisotopic (exact) mass is 264 g/mol. The molecular weight excluding hydrogens is 244 g/mol. The maximum absolute atomic E-state index is 12.5. The number of urea groups is 1. The molecule has 5 nitrogen and oxygen atoms in total.